The molecule has 2 aromatic rings. The van der Waals surface area contributed by atoms with Gasteiger partial charge in [-0.3, -0.25) is 4.57 Å². The van der Waals surface area contributed by atoms with E-state index in [2.05, 4.69) is 4.98 Å². The van der Waals surface area contributed by atoms with E-state index >= 15 is 0 Å². The lowest BCUT2D eigenvalue weighted by Crippen LogP contribution is -2.38. The van der Waals surface area contributed by atoms with Crippen molar-refractivity contribution in [2.45, 2.75) is 44.3 Å². The number of ether oxygens (including phenoxy) is 3. The van der Waals surface area contributed by atoms with Crippen LogP contribution in [0.3, 0.4) is 0 Å². The largest absolute Gasteiger partial charge is 0.482 e. The molecule has 1 saturated carbocycles. The maximum absolute atomic E-state index is 14.8. The van der Waals surface area contributed by atoms with E-state index in [1.807, 2.05) is 0 Å². The second kappa shape index (κ2) is 6.20. The van der Waals surface area contributed by atoms with Crippen LogP contribution in [0.1, 0.15) is 32.1 Å². The molecule has 2 aliphatic rings. The third-order valence-corrected chi connectivity index (χ3v) is 4.69. The zero-order valence-corrected chi connectivity index (χ0v) is 13.6. The van der Waals surface area contributed by atoms with Crippen LogP contribution in [-0.2, 0) is 11.8 Å². The number of aryl methyl sites for hydroxylation is 1. The van der Waals surface area contributed by atoms with Crippen molar-refractivity contribution >= 4 is 11.0 Å². The highest BCUT2D eigenvalue weighted by Crippen LogP contribution is 2.33. The summed E-state index contributed by atoms with van der Waals surface area (Å²) in [6.45, 7) is 0.779. The third kappa shape index (κ3) is 2.70. The first-order valence-electron chi connectivity index (χ1n) is 8.39. The van der Waals surface area contributed by atoms with Crippen LogP contribution < -0.4 is 9.47 Å². The van der Waals surface area contributed by atoms with Gasteiger partial charge in [-0.15, -0.1) is 0 Å². The van der Waals surface area contributed by atoms with Crippen LogP contribution in [0.25, 0.3) is 11.0 Å². The quantitative estimate of drug-likeness (QED) is 0.858. The van der Waals surface area contributed by atoms with Gasteiger partial charge in [0.1, 0.15) is 23.2 Å². The topological polar surface area (TPSA) is 45.5 Å². The molecule has 1 saturated heterocycles. The van der Waals surface area contributed by atoms with Gasteiger partial charge in [0.25, 0.3) is 6.01 Å². The Morgan fingerprint density at radius 1 is 1.12 bits per heavy atom. The molecule has 130 valence electrons. The molecule has 5 nitrogen and oxygen atoms in total. The molecule has 1 aromatic heterocycles. The van der Waals surface area contributed by atoms with E-state index in [-0.39, 0.29) is 35.0 Å². The first-order chi connectivity index (χ1) is 11.6. The molecular formula is C17H20F2N2O3. The molecule has 1 aliphatic carbocycles. The van der Waals surface area contributed by atoms with Gasteiger partial charge in [0.15, 0.2) is 17.4 Å². The van der Waals surface area contributed by atoms with Crippen LogP contribution in [0.4, 0.5) is 8.78 Å². The molecule has 1 aliphatic heterocycles. The van der Waals surface area contributed by atoms with E-state index in [9.17, 15) is 8.78 Å². The van der Waals surface area contributed by atoms with Crippen molar-refractivity contribution in [1.29, 1.82) is 0 Å². The zero-order valence-electron chi connectivity index (χ0n) is 13.6. The number of hydrogen-bond donors (Lipinski definition) is 0. The summed E-state index contributed by atoms with van der Waals surface area (Å²) >= 11 is 0. The summed E-state index contributed by atoms with van der Waals surface area (Å²) in [4.78, 5) is 4.17. The summed E-state index contributed by atoms with van der Waals surface area (Å²) in [5.74, 6) is -1.34. The first kappa shape index (κ1) is 15.6. The summed E-state index contributed by atoms with van der Waals surface area (Å²) in [6, 6.07) is 1.30. The molecule has 7 heteroatoms. The zero-order chi connectivity index (χ0) is 16.7. The highest BCUT2D eigenvalue weighted by molar-refractivity contribution is 5.80. The Bertz CT molecular complexity index is 752. The summed E-state index contributed by atoms with van der Waals surface area (Å²) in [5.41, 5.74) is 0.0362. The van der Waals surface area contributed by atoms with Crippen molar-refractivity contribution in [3.63, 3.8) is 0 Å². The minimum atomic E-state index is -0.619. The van der Waals surface area contributed by atoms with E-state index in [0.29, 0.717) is 13.2 Å². The van der Waals surface area contributed by atoms with Crippen LogP contribution in [0.2, 0.25) is 0 Å². The molecule has 2 fully saturated rings. The fourth-order valence-corrected chi connectivity index (χ4v) is 3.24. The van der Waals surface area contributed by atoms with E-state index in [0.717, 1.165) is 31.7 Å². The fourth-order valence-electron chi connectivity index (χ4n) is 3.24. The van der Waals surface area contributed by atoms with Gasteiger partial charge in [-0.1, -0.05) is 6.42 Å². The Morgan fingerprint density at radius 3 is 2.54 bits per heavy atom. The number of fused-ring (bicyclic) bond motifs is 1. The number of benzene rings is 1. The van der Waals surface area contributed by atoms with E-state index < -0.39 is 11.6 Å². The highest BCUT2D eigenvalue weighted by Gasteiger charge is 2.27. The Balaban J connectivity index is 1.68. The number of hydrogen-bond acceptors (Lipinski definition) is 4. The smallest absolute Gasteiger partial charge is 0.297 e. The molecule has 0 spiro atoms. The van der Waals surface area contributed by atoms with Gasteiger partial charge in [-0.2, -0.15) is 4.98 Å². The molecule has 0 radical (unpaired) electrons. The lowest BCUT2D eigenvalue weighted by molar-refractivity contribution is -0.0809. The van der Waals surface area contributed by atoms with E-state index in [4.69, 9.17) is 14.2 Å². The molecule has 0 amide bonds. The summed E-state index contributed by atoms with van der Waals surface area (Å²) in [7, 11) is 1.63. The van der Waals surface area contributed by atoms with Gasteiger partial charge in [0, 0.05) is 13.1 Å². The van der Waals surface area contributed by atoms with Crippen LogP contribution in [0.5, 0.6) is 11.8 Å². The predicted octanol–water partition coefficient (Wildman–Crippen LogP) is 3.34. The minimum absolute atomic E-state index is 0.0296. The SMILES string of the molecule is Cn1c(OC2CCCCC2)nc2c(F)cc(OC3COC3)c(F)c21. The number of rotatable bonds is 4. The summed E-state index contributed by atoms with van der Waals surface area (Å²) < 4.78 is 47.0. The van der Waals surface area contributed by atoms with Crippen LogP contribution in [-0.4, -0.2) is 35.0 Å². The summed E-state index contributed by atoms with van der Waals surface area (Å²) in [5, 5.41) is 0. The first-order valence-corrected chi connectivity index (χ1v) is 8.39. The fraction of sp³-hybridized carbons (Fsp3) is 0.588. The maximum atomic E-state index is 14.8. The van der Waals surface area contributed by atoms with Crippen molar-refractivity contribution in [3.8, 4) is 11.8 Å². The number of nitrogens with zero attached hydrogens (tertiary/aromatic N) is 2. The van der Waals surface area contributed by atoms with Crippen molar-refractivity contribution < 1.29 is 23.0 Å². The van der Waals surface area contributed by atoms with Crippen molar-refractivity contribution in [3.05, 3.63) is 17.7 Å². The van der Waals surface area contributed by atoms with E-state index in [1.54, 1.807) is 7.05 Å². The lowest BCUT2D eigenvalue weighted by atomic mass is 9.98. The highest BCUT2D eigenvalue weighted by atomic mass is 19.1. The molecule has 24 heavy (non-hydrogen) atoms. The molecule has 0 N–H and O–H groups in total. The van der Waals surface area contributed by atoms with Gasteiger partial charge in [-0.05, 0) is 25.7 Å². The third-order valence-electron chi connectivity index (χ3n) is 4.69. The molecular weight excluding hydrogens is 318 g/mol. The number of aromatic nitrogens is 2. The monoisotopic (exact) mass is 338 g/mol. The second-order valence-corrected chi connectivity index (χ2v) is 6.48. The van der Waals surface area contributed by atoms with Crippen LogP contribution >= 0.6 is 0 Å². The second-order valence-electron chi connectivity index (χ2n) is 6.48. The van der Waals surface area contributed by atoms with Crippen molar-refractivity contribution in [2.24, 2.45) is 7.05 Å². The average Bonchev–Trinajstić information content (AvgIpc) is 2.86. The van der Waals surface area contributed by atoms with Gasteiger partial charge < -0.3 is 14.2 Å². The molecule has 0 unspecified atom stereocenters. The van der Waals surface area contributed by atoms with Gasteiger partial charge in [0.05, 0.1) is 13.2 Å². The Labute approximate surface area is 138 Å². The van der Waals surface area contributed by atoms with Gasteiger partial charge in [-0.25, -0.2) is 8.78 Å². The maximum Gasteiger partial charge on any atom is 0.297 e. The molecule has 1 aromatic carbocycles. The van der Waals surface area contributed by atoms with Crippen LogP contribution in [0.15, 0.2) is 6.07 Å². The van der Waals surface area contributed by atoms with Crippen molar-refractivity contribution in [1.82, 2.24) is 9.55 Å². The normalized spacial score (nSPS) is 19.5. The molecule has 4 rings (SSSR count). The Kier molecular flexibility index (Phi) is 4.04. The Hall–Kier alpha value is -1.89. The van der Waals surface area contributed by atoms with Gasteiger partial charge >= 0.3 is 0 Å². The lowest BCUT2D eigenvalue weighted by Gasteiger charge is -2.26. The van der Waals surface area contributed by atoms with Crippen LogP contribution in [0, 0.1) is 11.6 Å². The average molecular weight is 338 g/mol. The Morgan fingerprint density at radius 2 is 1.88 bits per heavy atom. The summed E-state index contributed by atoms with van der Waals surface area (Å²) in [6.07, 6.45) is 5.15. The molecule has 2 heterocycles. The number of halogens is 2. The molecule has 0 atom stereocenters. The van der Waals surface area contributed by atoms with Gasteiger partial charge in [0.2, 0.25) is 0 Å². The predicted molar refractivity (Wildman–Crippen MR) is 83.4 cm³/mol. The standard InChI is InChI=1S/C17H20F2N2O3/c1-21-16-14(19)13(23-11-8-22-9-11)7-12(18)15(16)20-17(21)24-10-5-3-2-4-6-10/h7,10-11H,2-6,8-9H2,1H3. The van der Waals surface area contributed by atoms with E-state index in [1.165, 1.54) is 11.0 Å². The van der Waals surface area contributed by atoms with Crippen molar-refractivity contribution in [2.75, 3.05) is 13.2 Å². The minimum Gasteiger partial charge on any atom is -0.482 e. The number of imidazole rings is 1. The molecule has 0 bridgehead atoms.